The van der Waals surface area contributed by atoms with Crippen LogP contribution in [0.15, 0.2) is 18.2 Å². The first-order valence-electron chi connectivity index (χ1n) is 4.30. The molecule has 1 aromatic carbocycles. The molecule has 0 amide bonds. The lowest BCUT2D eigenvalue weighted by atomic mass is 10.3. The van der Waals surface area contributed by atoms with Gasteiger partial charge in [-0.25, -0.2) is 8.78 Å². The highest BCUT2D eigenvalue weighted by atomic mass is 19.1. The molecule has 0 atom stereocenters. The van der Waals surface area contributed by atoms with Crippen LogP contribution in [0.5, 0.6) is 5.75 Å². The van der Waals surface area contributed by atoms with Gasteiger partial charge in [0.25, 0.3) is 0 Å². The molecule has 0 radical (unpaired) electrons. The summed E-state index contributed by atoms with van der Waals surface area (Å²) in [6, 6.07) is 3.10. The summed E-state index contributed by atoms with van der Waals surface area (Å²) in [6.07, 6.45) is 0.689. The van der Waals surface area contributed by atoms with Crippen LogP contribution in [0.25, 0.3) is 0 Å². The van der Waals surface area contributed by atoms with E-state index in [2.05, 4.69) is 0 Å². The van der Waals surface area contributed by atoms with Gasteiger partial charge in [0.1, 0.15) is 17.4 Å². The second-order valence-corrected chi connectivity index (χ2v) is 2.80. The van der Waals surface area contributed by atoms with E-state index in [9.17, 15) is 8.78 Å². The Labute approximate surface area is 81.4 Å². The van der Waals surface area contributed by atoms with E-state index in [0.717, 1.165) is 18.2 Å². The van der Waals surface area contributed by atoms with Gasteiger partial charge in [-0.05, 0) is 0 Å². The third-order valence-electron chi connectivity index (χ3n) is 1.60. The molecule has 0 unspecified atom stereocenters. The van der Waals surface area contributed by atoms with Crippen LogP contribution in [0, 0.1) is 11.6 Å². The summed E-state index contributed by atoms with van der Waals surface area (Å²) >= 11 is 0. The van der Waals surface area contributed by atoms with Gasteiger partial charge in [-0.1, -0.05) is 0 Å². The van der Waals surface area contributed by atoms with Crippen LogP contribution in [0.2, 0.25) is 0 Å². The molecule has 0 heterocycles. The standard InChI is InChI=1S/C10H12F2O2/c1-13-3-2-4-14-10-6-8(11)5-9(12)7-10/h5-7H,2-4H2,1H3. The molecule has 0 N–H and O–H groups in total. The number of benzene rings is 1. The highest BCUT2D eigenvalue weighted by molar-refractivity contribution is 5.23. The van der Waals surface area contributed by atoms with Crippen molar-refractivity contribution in [3.8, 4) is 5.75 Å². The zero-order chi connectivity index (χ0) is 10.4. The van der Waals surface area contributed by atoms with E-state index < -0.39 is 11.6 Å². The molecule has 0 saturated heterocycles. The molecule has 0 saturated carbocycles. The molecule has 4 heteroatoms. The fourth-order valence-corrected chi connectivity index (χ4v) is 1.01. The van der Waals surface area contributed by atoms with Crippen LogP contribution in [-0.4, -0.2) is 20.3 Å². The Hall–Kier alpha value is -1.16. The normalized spacial score (nSPS) is 10.2. The number of halogens is 2. The largest absolute Gasteiger partial charge is 0.493 e. The van der Waals surface area contributed by atoms with Crippen LogP contribution in [0.4, 0.5) is 8.78 Å². The van der Waals surface area contributed by atoms with Crippen molar-refractivity contribution in [2.75, 3.05) is 20.3 Å². The van der Waals surface area contributed by atoms with Crippen molar-refractivity contribution >= 4 is 0 Å². The lowest BCUT2D eigenvalue weighted by Crippen LogP contribution is -2.01. The van der Waals surface area contributed by atoms with Gasteiger partial charge in [-0.15, -0.1) is 0 Å². The predicted molar refractivity (Wildman–Crippen MR) is 48.3 cm³/mol. The molecular formula is C10H12F2O2. The van der Waals surface area contributed by atoms with Crippen LogP contribution in [0.1, 0.15) is 6.42 Å². The summed E-state index contributed by atoms with van der Waals surface area (Å²) in [6.45, 7) is 0.953. The smallest absolute Gasteiger partial charge is 0.129 e. The Kier molecular flexibility index (Phi) is 4.32. The topological polar surface area (TPSA) is 18.5 Å². The first-order chi connectivity index (χ1) is 6.72. The van der Waals surface area contributed by atoms with E-state index in [-0.39, 0.29) is 5.75 Å². The number of ether oxygens (including phenoxy) is 2. The maximum atomic E-state index is 12.7. The van der Waals surface area contributed by atoms with E-state index in [4.69, 9.17) is 9.47 Å². The summed E-state index contributed by atoms with van der Waals surface area (Å²) < 4.78 is 35.2. The molecule has 0 aromatic heterocycles. The van der Waals surface area contributed by atoms with Gasteiger partial charge in [0.2, 0.25) is 0 Å². The highest BCUT2D eigenvalue weighted by Crippen LogP contribution is 2.15. The average Bonchev–Trinajstić information content (AvgIpc) is 2.11. The number of hydrogen-bond acceptors (Lipinski definition) is 2. The van der Waals surface area contributed by atoms with Crippen LogP contribution in [0.3, 0.4) is 0 Å². The minimum absolute atomic E-state index is 0.207. The Morgan fingerprint density at radius 1 is 1.07 bits per heavy atom. The van der Waals surface area contributed by atoms with Crippen molar-refractivity contribution in [2.24, 2.45) is 0 Å². The molecule has 0 aliphatic heterocycles. The molecule has 0 fully saturated rings. The summed E-state index contributed by atoms with van der Waals surface area (Å²) in [5.41, 5.74) is 0. The van der Waals surface area contributed by atoms with Crippen molar-refractivity contribution in [2.45, 2.75) is 6.42 Å². The van der Waals surface area contributed by atoms with Crippen molar-refractivity contribution in [3.05, 3.63) is 29.8 Å². The molecule has 2 nitrogen and oxygen atoms in total. The molecular weight excluding hydrogens is 190 g/mol. The second-order valence-electron chi connectivity index (χ2n) is 2.80. The maximum absolute atomic E-state index is 12.7. The molecule has 0 bridgehead atoms. The molecule has 0 aliphatic rings. The van der Waals surface area contributed by atoms with E-state index in [1.807, 2.05) is 0 Å². The summed E-state index contributed by atoms with van der Waals surface area (Å²) in [5.74, 6) is -1.06. The van der Waals surface area contributed by atoms with Crippen molar-refractivity contribution in [3.63, 3.8) is 0 Å². The van der Waals surface area contributed by atoms with E-state index >= 15 is 0 Å². The third-order valence-corrected chi connectivity index (χ3v) is 1.60. The van der Waals surface area contributed by atoms with Crippen molar-refractivity contribution in [1.82, 2.24) is 0 Å². The fraction of sp³-hybridized carbons (Fsp3) is 0.400. The van der Waals surface area contributed by atoms with Gasteiger partial charge in [0, 0.05) is 38.3 Å². The zero-order valence-electron chi connectivity index (χ0n) is 7.93. The van der Waals surface area contributed by atoms with Gasteiger partial charge in [0.05, 0.1) is 6.61 Å². The first kappa shape index (κ1) is 10.9. The molecule has 1 rings (SSSR count). The highest BCUT2D eigenvalue weighted by Gasteiger charge is 2.00. The summed E-state index contributed by atoms with van der Waals surface area (Å²) in [7, 11) is 1.59. The Morgan fingerprint density at radius 3 is 2.29 bits per heavy atom. The number of rotatable bonds is 5. The first-order valence-corrected chi connectivity index (χ1v) is 4.30. The molecule has 78 valence electrons. The monoisotopic (exact) mass is 202 g/mol. The molecule has 0 aliphatic carbocycles. The molecule has 0 spiro atoms. The van der Waals surface area contributed by atoms with Gasteiger partial charge >= 0.3 is 0 Å². The lowest BCUT2D eigenvalue weighted by molar-refractivity contribution is 0.172. The average molecular weight is 202 g/mol. The van der Waals surface area contributed by atoms with E-state index in [0.29, 0.717) is 19.6 Å². The van der Waals surface area contributed by atoms with Crippen LogP contribution in [-0.2, 0) is 4.74 Å². The Balaban J connectivity index is 2.42. The van der Waals surface area contributed by atoms with Crippen LogP contribution < -0.4 is 4.74 Å². The third kappa shape index (κ3) is 3.70. The minimum atomic E-state index is -0.633. The van der Waals surface area contributed by atoms with Gasteiger partial charge < -0.3 is 9.47 Å². The maximum Gasteiger partial charge on any atom is 0.129 e. The van der Waals surface area contributed by atoms with Crippen molar-refractivity contribution < 1.29 is 18.3 Å². The number of methoxy groups -OCH3 is 1. The van der Waals surface area contributed by atoms with Crippen LogP contribution >= 0.6 is 0 Å². The second kappa shape index (κ2) is 5.54. The Morgan fingerprint density at radius 2 is 1.71 bits per heavy atom. The van der Waals surface area contributed by atoms with E-state index in [1.165, 1.54) is 0 Å². The Bertz CT molecular complexity index is 269. The van der Waals surface area contributed by atoms with Gasteiger partial charge in [0.15, 0.2) is 0 Å². The quantitative estimate of drug-likeness (QED) is 0.682. The lowest BCUT2D eigenvalue weighted by Gasteiger charge is -2.05. The summed E-state index contributed by atoms with van der Waals surface area (Å²) in [5, 5.41) is 0. The van der Waals surface area contributed by atoms with Crippen molar-refractivity contribution in [1.29, 1.82) is 0 Å². The van der Waals surface area contributed by atoms with Gasteiger partial charge in [-0.2, -0.15) is 0 Å². The molecule has 14 heavy (non-hydrogen) atoms. The zero-order valence-corrected chi connectivity index (χ0v) is 7.93. The van der Waals surface area contributed by atoms with E-state index in [1.54, 1.807) is 7.11 Å². The molecule has 1 aromatic rings. The fourth-order valence-electron chi connectivity index (χ4n) is 1.01. The number of hydrogen-bond donors (Lipinski definition) is 0. The summed E-state index contributed by atoms with van der Waals surface area (Å²) in [4.78, 5) is 0. The van der Waals surface area contributed by atoms with Gasteiger partial charge in [-0.3, -0.25) is 0 Å². The SMILES string of the molecule is COCCCOc1cc(F)cc(F)c1. The predicted octanol–water partition coefficient (Wildman–Crippen LogP) is 2.38. The minimum Gasteiger partial charge on any atom is -0.493 e.